The van der Waals surface area contributed by atoms with Crippen LogP contribution in [0.2, 0.25) is 0 Å². The third-order valence-corrected chi connectivity index (χ3v) is 4.91. The van der Waals surface area contributed by atoms with Gasteiger partial charge in [0.05, 0.1) is 11.6 Å². The maximum Gasteiger partial charge on any atom is 0.414 e. The molecule has 1 aliphatic rings. The van der Waals surface area contributed by atoms with Gasteiger partial charge in [0.25, 0.3) is 0 Å². The largest absolute Gasteiger partial charge is 0.459 e. The summed E-state index contributed by atoms with van der Waals surface area (Å²) in [7, 11) is 0. The van der Waals surface area contributed by atoms with Crippen LogP contribution < -0.4 is 4.90 Å². The predicted octanol–water partition coefficient (Wildman–Crippen LogP) is 5.42. The molecule has 1 amide bonds. The molecule has 1 unspecified atom stereocenters. The number of amides is 1. The van der Waals surface area contributed by atoms with Crippen molar-refractivity contribution < 1.29 is 19.1 Å². The monoisotopic (exact) mass is 445 g/mol. The quantitative estimate of drug-likeness (QED) is 0.591. The molecule has 0 N–H and O–H groups in total. The number of carbonyl (C=O) groups excluding carboxylic acids is 2. The zero-order chi connectivity index (χ0) is 20.3. The zero-order valence-electron chi connectivity index (χ0n) is 16.3. The summed E-state index contributed by atoms with van der Waals surface area (Å²) in [6.07, 6.45) is 0.0637. The van der Waals surface area contributed by atoms with E-state index < -0.39 is 17.6 Å². The molecule has 0 bridgehead atoms. The summed E-state index contributed by atoms with van der Waals surface area (Å²) in [6.45, 7) is 6.15. The maximum absolute atomic E-state index is 12.7. The summed E-state index contributed by atoms with van der Waals surface area (Å²) in [4.78, 5) is 27.0. The van der Waals surface area contributed by atoms with Gasteiger partial charge in [-0.3, -0.25) is 9.69 Å². The Bertz CT molecular complexity index is 861. The van der Waals surface area contributed by atoms with E-state index in [0.29, 0.717) is 18.7 Å². The SMILES string of the molecule is CC(C)(C)OC(=O)C1CCN(C(=O)OCc2ccccc2)c2ccc(Br)cc21. The van der Waals surface area contributed by atoms with E-state index >= 15 is 0 Å². The Balaban J connectivity index is 1.80. The molecule has 28 heavy (non-hydrogen) atoms. The molecule has 1 heterocycles. The molecule has 5 nitrogen and oxygen atoms in total. The molecule has 2 aromatic carbocycles. The number of halogens is 1. The number of ether oxygens (including phenoxy) is 2. The van der Waals surface area contributed by atoms with Gasteiger partial charge in [-0.15, -0.1) is 0 Å². The van der Waals surface area contributed by atoms with E-state index in [1.165, 1.54) is 0 Å². The smallest absolute Gasteiger partial charge is 0.414 e. The molecule has 0 fully saturated rings. The fraction of sp³-hybridized carbons (Fsp3) is 0.364. The normalized spacial score (nSPS) is 16.3. The number of hydrogen-bond acceptors (Lipinski definition) is 4. The van der Waals surface area contributed by atoms with Crippen molar-refractivity contribution in [1.82, 2.24) is 0 Å². The van der Waals surface area contributed by atoms with Crippen molar-refractivity contribution >= 4 is 33.7 Å². The molecule has 2 aromatic rings. The third kappa shape index (κ3) is 4.93. The van der Waals surface area contributed by atoms with Crippen LogP contribution >= 0.6 is 15.9 Å². The van der Waals surface area contributed by atoms with Crippen LogP contribution in [0.4, 0.5) is 10.5 Å². The molecule has 0 radical (unpaired) electrons. The predicted molar refractivity (Wildman–Crippen MR) is 111 cm³/mol. The van der Waals surface area contributed by atoms with E-state index in [1.54, 1.807) is 4.90 Å². The van der Waals surface area contributed by atoms with Crippen LogP contribution in [0.1, 0.15) is 44.2 Å². The van der Waals surface area contributed by atoms with Gasteiger partial charge in [0, 0.05) is 11.0 Å². The first-order chi connectivity index (χ1) is 13.2. The van der Waals surface area contributed by atoms with Gasteiger partial charge in [-0.1, -0.05) is 46.3 Å². The standard InChI is InChI=1S/C22H24BrNO4/c1-22(2,3)28-20(25)17-11-12-24(19-10-9-16(23)13-18(17)19)21(26)27-14-15-7-5-4-6-8-15/h4-10,13,17H,11-12,14H2,1-3H3. The lowest BCUT2D eigenvalue weighted by molar-refractivity contribution is -0.157. The number of fused-ring (bicyclic) bond motifs is 1. The van der Waals surface area contributed by atoms with Crippen LogP contribution in [0.25, 0.3) is 0 Å². The molecular weight excluding hydrogens is 422 g/mol. The second kappa shape index (κ2) is 8.35. The fourth-order valence-electron chi connectivity index (χ4n) is 3.19. The van der Waals surface area contributed by atoms with Gasteiger partial charge in [0.2, 0.25) is 0 Å². The lowest BCUT2D eigenvalue weighted by atomic mass is 9.90. The number of carbonyl (C=O) groups is 2. The minimum Gasteiger partial charge on any atom is -0.459 e. The van der Waals surface area contributed by atoms with Gasteiger partial charge in [0.1, 0.15) is 12.2 Å². The van der Waals surface area contributed by atoms with Crippen LogP contribution in [0.15, 0.2) is 53.0 Å². The number of rotatable bonds is 3. The van der Waals surface area contributed by atoms with Crippen molar-refractivity contribution in [2.75, 3.05) is 11.4 Å². The number of esters is 1. The molecule has 148 valence electrons. The topological polar surface area (TPSA) is 55.8 Å². The van der Waals surface area contributed by atoms with Crippen LogP contribution in [0, 0.1) is 0 Å². The van der Waals surface area contributed by atoms with E-state index in [-0.39, 0.29) is 12.6 Å². The molecular formula is C22H24BrNO4. The highest BCUT2D eigenvalue weighted by atomic mass is 79.9. The molecule has 0 saturated carbocycles. The Hall–Kier alpha value is -2.34. The maximum atomic E-state index is 12.7. The Kier molecular flexibility index (Phi) is 6.08. The molecule has 0 aliphatic carbocycles. The van der Waals surface area contributed by atoms with Gasteiger partial charge in [0.15, 0.2) is 0 Å². The number of anilines is 1. The lowest BCUT2D eigenvalue weighted by Crippen LogP contribution is -2.39. The second-order valence-electron chi connectivity index (χ2n) is 7.77. The summed E-state index contributed by atoms with van der Waals surface area (Å²) < 4.78 is 11.9. The number of hydrogen-bond donors (Lipinski definition) is 0. The first kappa shape index (κ1) is 20.4. The molecule has 6 heteroatoms. The Morgan fingerprint density at radius 1 is 1.14 bits per heavy atom. The first-order valence-corrected chi connectivity index (χ1v) is 10.0. The molecule has 1 aliphatic heterocycles. The first-order valence-electron chi connectivity index (χ1n) is 9.25. The van der Waals surface area contributed by atoms with Crippen molar-refractivity contribution in [3.05, 3.63) is 64.1 Å². The van der Waals surface area contributed by atoms with Crippen molar-refractivity contribution in [3.8, 4) is 0 Å². The van der Waals surface area contributed by atoms with Crippen LogP contribution in [0.5, 0.6) is 0 Å². The highest BCUT2D eigenvalue weighted by Crippen LogP contribution is 2.38. The van der Waals surface area contributed by atoms with E-state index in [1.807, 2.05) is 69.3 Å². The number of benzene rings is 2. The minimum absolute atomic E-state index is 0.206. The van der Waals surface area contributed by atoms with Crippen LogP contribution in [0.3, 0.4) is 0 Å². The molecule has 0 aromatic heterocycles. The summed E-state index contributed by atoms with van der Waals surface area (Å²) in [5, 5.41) is 0. The minimum atomic E-state index is -0.561. The lowest BCUT2D eigenvalue weighted by Gasteiger charge is -2.34. The zero-order valence-corrected chi connectivity index (χ0v) is 17.9. The third-order valence-electron chi connectivity index (χ3n) is 4.41. The number of nitrogens with zero attached hydrogens (tertiary/aromatic N) is 1. The highest BCUT2D eigenvalue weighted by Gasteiger charge is 2.35. The van der Waals surface area contributed by atoms with Crippen molar-refractivity contribution in [3.63, 3.8) is 0 Å². The van der Waals surface area contributed by atoms with Crippen LogP contribution in [-0.2, 0) is 20.9 Å². The van der Waals surface area contributed by atoms with Crippen LogP contribution in [-0.4, -0.2) is 24.2 Å². The van der Waals surface area contributed by atoms with E-state index in [4.69, 9.17) is 9.47 Å². The van der Waals surface area contributed by atoms with Gasteiger partial charge in [-0.2, -0.15) is 0 Å². The second-order valence-corrected chi connectivity index (χ2v) is 8.69. The van der Waals surface area contributed by atoms with Gasteiger partial charge in [-0.05, 0) is 56.5 Å². The van der Waals surface area contributed by atoms with Crippen molar-refractivity contribution in [2.45, 2.75) is 45.3 Å². The van der Waals surface area contributed by atoms with Crippen molar-refractivity contribution in [1.29, 1.82) is 0 Å². The molecule has 3 rings (SSSR count). The molecule has 1 atom stereocenters. The van der Waals surface area contributed by atoms with Crippen molar-refractivity contribution in [2.24, 2.45) is 0 Å². The highest BCUT2D eigenvalue weighted by molar-refractivity contribution is 9.10. The molecule has 0 saturated heterocycles. The molecule has 0 spiro atoms. The summed E-state index contributed by atoms with van der Waals surface area (Å²) in [5.74, 6) is -0.686. The van der Waals surface area contributed by atoms with E-state index in [0.717, 1.165) is 15.6 Å². The fourth-order valence-corrected chi connectivity index (χ4v) is 3.57. The Morgan fingerprint density at radius 3 is 2.54 bits per heavy atom. The summed E-state index contributed by atoms with van der Waals surface area (Å²) in [5.41, 5.74) is 1.82. The van der Waals surface area contributed by atoms with Gasteiger partial charge < -0.3 is 9.47 Å². The average Bonchev–Trinajstić information content (AvgIpc) is 2.64. The summed E-state index contributed by atoms with van der Waals surface area (Å²) >= 11 is 3.46. The Morgan fingerprint density at radius 2 is 1.86 bits per heavy atom. The Labute approximate surface area is 173 Å². The summed E-state index contributed by atoms with van der Waals surface area (Å²) in [6, 6.07) is 15.1. The van der Waals surface area contributed by atoms with E-state index in [2.05, 4.69) is 15.9 Å². The average molecular weight is 446 g/mol. The van der Waals surface area contributed by atoms with Gasteiger partial charge in [-0.25, -0.2) is 4.79 Å². The van der Waals surface area contributed by atoms with E-state index in [9.17, 15) is 9.59 Å². The van der Waals surface area contributed by atoms with Gasteiger partial charge >= 0.3 is 12.1 Å².